The minimum Gasteiger partial charge on any atom is -0.222 e. The van der Waals surface area contributed by atoms with Crippen molar-refractivity contribution in [3.8, 4) is 0 Å². The third kappa shape index (κ3) is 4.27. The zero-order chi connectivity index (χ0) is 13.9. The van der Waals surface area contributed by atoms with Crippen molar-refractivity contribution in [1.82, 2.24) is 0 Å². The van der Waals surface area contributed by atoms with Crippen LogP contribution >= 0.6 is 0 Å². The first kappa shape index (κ1) is 13.9. The molecular formula is C13H12ClNO4. The maximum Gasteiger partial charge on any atom is 0.187 e. The molecule has 0 spiro atoms. The molecule has 0 unspecified atom stereocenters. The molecule has 1 aromatic carbocycles. The fraction of sp³-hybridized carbons (Fsp3) is 0.154. The largest absolute Gasteiger partial charge is 0.222 e. The van der Waals surface area contributed by atoms with Crippen molar-refractivity contribution in [2.24, 2.45) is 0 Å². The van der Waals surface area contributed by atoms with Gasteiger partial charge >= 0.3 is 0 Å². The van der Waals surface area contributed by atoms with Crippen LogP contribution < -0.4 is 23.2 Å². The Balaban J connectivity index is 0.000000232. The molecule has 0 saturated carbocycles. The summed E-state index contributed by atoms with van der Waals surface area (Å²) in [6, 6.07) is 10.8. The van der Waals surface area contributed by atoms with Gasteiger partial charge in [-0.2, -0.15) is 4.57 Å². The second-order valence-electron chi connectivity index (χ2n) is 4.10. The van der Waals surface area contributed by atoms with Crippen molar-refractivity contribution >= 4 is 17.0 Å². The summed E-state index contributed by atoms with van der Waals surface area (Å²) in [5, 5.41) is 2.65. The molecule has 1 aromatic heterocycles. The summed E-state index contributed by atoms with van der Waals surface area (Å²) in [6.07, 6.45) is 8.91. The monoisotopic (exact) mass is 281 g/mol. The zero-order valence-corrected chi connectivity index (χ0v) is 10.7. The Labute approximate surface area is 112 Å². The first-order valence-electron chi connectivity index (χ1n) is 5.65. The van der Waals surface area contributed by atoms with Gasteiger partial charge in [-0.05, 0) is 23.9 Å². The van der Waals surface area contributed by atoms with Crippen LogP contribution in [0.5, 0.6) is 0 Å². The van der Waals surface area contributed by atoms with Crippen molar-refractivity contribution in [2.45, 2.75) is 12.8 Å². The highest BCUT2D eigenvalue weighted by Gasteiger charge is 2.12. The van der Waals surface area contributed by atoms with Crippen LogP contribution in [0.25, 0.3) is 17.0 Å². The lowest BCUT2D eigenvalue weighted by atomic mass is 10.1. The molecule has 100 valence electrons. The minimum atomic E-state index is -4.94. The number of allylic oxidation sites excluding steroid dienone is 1. The number of hydrogen-bond donors (Lipinski definition) is 0. The Kier molecular flexibility index (Phi) is 4.14. The molecule has 0 saturated heterocycles. The first-order valence-corrected chi connectivity index (χ1v) is 6.88. The summed E-state index contributed by atoms with van der Waals surface area (Å²) in [5.74, 6) is 0. The second kappa shape index (κ2) is 5.64. The molecule has 5 nitrogen and oxygen atoms in total. The summed E-state index contributed by atoms with van der Waals surface area (Å²) in [7, 11) is -4.94. The van der Waals surface area contributed by atoms with Crippen LogP contribution in [-0.2, 0) is 6.42 Å². The van der Waals surface area contributed by atoms with Crippen LogP contribution in [0.2, 0.25) is 0 Å². The molecule has 0 amide bonds. The zero-order valence-electron chi connectivity index (χ0n) is 9.99. The van der Waals surface area contributed by atoms with Crippen molar-refractivity contribution < 1.29 is 33.4 Å². The number of benzene rings is 1. The van der Waals surface area contributed by atoms with Gasteiger partial charge in [-0.3, -0.25) is 0 Å². The van der Waals surface area contributed by atoms with Gasteiger partial charge in [-0.25, -0.2) is 18.6 Å². The molecule has 19 heavy (non-hydrogen) atoms. The Hall–Kier alpha value is -1.50. The highest BCUT2D eigenvalue weighted by atomic mass is 35.7. The number of nitrogens with zero attached hydrogens (tertiary/aromatic N) is 1. The van der Waals surface area contributed by atoms with Gasteiger partial charge < -0.3 is 0 Å². The quantitative estimate of drug-likeness (QED) is 0.511. The van der Waals surface area contributed by atoms with E-state index in [4.69, 9.17) is 18.6 Å². The smallest absolute Gasteiger partial charge is 0.187 e. The standard InChI is InChI=1S/C13H12N.ClHO4/c1-2-6-12-10-14-8-4-3-7-13(14)9-11(12)5-1;2-1(3,4)5/h1-2,4-6,8-10H,3,7H2;(H,2,3,4,5)/q+1;/p-1. The normalized spacial score (nSPS) is 13.7. The molecule has 1 aliphatic heterocycles. The lowest BCUT2D eigenvalue weighted by Crippen LogP contribution is -2.68. The van der Waals surface area contributed by atoms with Gasteiger partial charge in [0.15, 0.2) is 18.1 Å². The molecule has 0 N–H and O–H groups in total. The number of rotatable bonds is 0. The molecular weight excluding hydrogens is 270 g/mol. The summed E-state index contributed by atoms with van der Waals surface area (Å²) in [6.45, 7) is 0. The fourth-order valence-electron chi connectivity index (χ4n) is 2.01. The number of aryl methyl sites for hydroxylation is 1. The first-order chi connectivity index (χ1) is 8.93. The molecule has 1 aliphatic rings. The molecule has 0 aliphatic carbocycles. The Morgan fingerprint density at radius 1 is 1.00 bits per heavy atom. The maximum absolute atomic E-state index is 8.49. The van der Waals surface area contributed by atoms with Gasteiger partial charge in [0.25, 0.3) is 0 Å². The molecule has 0 atom stereocenters. The van der Waals surface area contributed by atoms with Gasteiger partial charge in [0, 0.05) is 17.9 Å². The molecule has 0 radical (unpaired) electrons. The van der Waals surface area contributed by atoms with Crippen molar-refractivity contribution in [1.29, 1.82) is 0 Å². The molecule has 0 bridgehead atoms. The predicted octanol–water partition coefficient (Wildman–Crippen LogP) is -2.21. The van der Waals surface area contributed by atoms with Crippen LogP contribution in [0.1, 0.15) is 12.1 Å². The van der Waals surface area contributed by atoms with E-state index in [0.717, 1.165) is 6.42 Å². The Morgan fingerprint density at radius 3 is 2.32 bits per heavy atom. The molecule has 0 fully saturated rings. The van der Waals surface area contributed by atoms with Crippen LogP contribution in [-0.4, -0.2) is 0 Å². The van der Waals surface area contributed by atoms with Gasteiger partial charge in [-0.15, -0.1) is 10.2 Å². The van der Waals surface area contributed by atoms with Crippen molar-refractivity contribution in [3.63, 3.8) is 0 Å². The second-order valence-corrected chi connectivity index (χ2v) is 4.86. The van der Waals surface area contributed by atoms with Crippen molar-refractivity contribution in [2.75, 3.05) is 0 Å². The van der Waals surface area contributed by atoms with E-state index in [-0.39, 0.29) is 0 Å². The lowest BCUT2D eigenvalue weighted by Gasteiger charge is -2.17. The van der Waals surface area contributed by atoms with E-state index in [2.05, 4.69) is 53.4 Å². The van der Waals surface area contributed by atoms with E-state index < -0.39 is 10.2 Å². The van der Waals surface area contributed by atoms with Crippen LogP contribution in [0.15, 0.2) is 42.6 Å². The van der Waals surface area contributed by atoms with Gasteiger partial charge in [0.1, 0.15) is 0 Å². The third-order valence-corrected chi connectivity index (χ3v) is 2.76. The van der Waals surface area contributed by atoms with Crippen LogP contribution in [0.4, 0.5) is 0 Å². The van der Waals surface area contributed by atoms with Gasteiger partial charge in [-0.1, -0.05) is 18.2 Å². The molecule has 6 heteroatoms. The molecule has 2 aromatic rings. The highest BCUT2D eigenvalue weighted by molar-refractivity contribution is 5.81. The number of aromatic nitrogens is 1. The topological polar surface area (TPSA) is 96.1 Å². The van der Waals surface area contributed by atoms with E-state index in [9.17, 15) is 0 Å². The number of hydrogen-bond acceptors (Lipinski definition) is 4. The van der Waals surface area contributed by atoms with E-state index in [1.807, 2.05) is 0 Å². The lowest BCUT2D eigenvalue weighted by molar-refractivity contribution is -2.00. The maximum atomic E-state index is 8.49. The predicted molar refractivity (Wildman–Crippen MR) is 57.8 cm³/mol. The Morgan fingerprint density at radius 2 is 1.63 bits per heavy atom. The van der Waals surface area contributed by atoms with Crippen molar-refractivity contribution in [3.05, 3.63) is 48.3 Å². The fourth-order valence-corrected chi connectivity index (χ4v) is 2.01. The minimum absolute atomic E-state index is 1.15. The van der Waals surface area contributed by atoms with Crippen LogP contribution in [0.3, 0.4) is 0 Å². The van der Waals surface area contributed by atoms with E-state index >= 15 is 0 Å². The van der Waals surface area contributed by atoms with Crippen LogP contribution in [0, 0.1) is 10.2 Å². The van der Waals surface area contributed by atoms with Gasteiger partial charge in [0.05, 0.1) is 0 Å². The average molecular weight is 282 g/mol. The number of fused-ring (bicyclic) bond motifs is 2. The average Bonchev–Trinajstić information content (AvgIpc) is 2.34. The number of halogens is 1. The van der Waals surface area contributed by atoms with E-state index in [1.165, 1.54) is 22.9 Å². The van der Waals surface area contributed by atoms with E-state index in [0.29, 0.717) is 0 Å². The third-order valence-electron chi connectivity index (χ3n) is 2.76. The summed E-state index contributed by atoms with van der Waals surface area (Å²) < 4.78 is 36.2. The summed E-state index contributed by atoms with van der Waals surface area (Å²) >= 11 is 0. The molecule has 3 rings (SSSR count). The van der Waals surface area contributed by atoms with E-state index in [1.54, 1.807) is 0 Å². The SMILES string of the molecule is C1=C[n+]2cc3ccccc3cc2CC1.[O-][Cl+3]([O-])([O-])[O-]. The number of pyridine rings is 1. The highest BCUT2D eigenvalue weighted by Crippen LogP contribution is 2.15. The van der Waals surface area contributed by atoms with Gasteiger partial charge in [0.2, 0.25) is 0 Å². The summed E-state index contributed by atoms with van der Waals surface area (Å²) in [5.41, 5.74) is 1.41. The Bertz CT molecular complexity index is 601. The summed E-state index contributed by atoms with van der Waals surface area (Å²) in [4.78, 5) is 0. The molecule has 2 heterocycles.